The Morgan fingerprint density at radius 1 is 1.33 bits per heavy atom. The number of hydrogen-bond acceptors (Lipinski definition) is 2. The maximum absolute atomic E-state index is 6.21. The lowest BCUT2D eigenvalue weighted by molar-refractivity contribution is 0.454. The van der Waals surface area contributed by atoms with E-state index in [1.807, 2.05) is 6.92 Å². The number of aliphatic imine (C=N–C) groups is 2. The Morgan fingerprint density at radius 3 is 2.90 bits per heavy atom. The first kappa shape index (κ1) is 15.7. The Kier molecular flexibility index (Phi) is 6.41. The number of nitrogens with zero attached hydrogens (tertiary/aromatic N) is 2. The molecule has 21 heavy (non-hydrogen) atoms. The lowest BCUT2D eigenvalue weighted by Gasteiger charge is -2.22. The summed E-state index contributed by atoms with van der Waals surface area (Å²) in [5.41, 5.74) is 7.44. The Hall–Kier alpha value is -1.68. The van der Waals surface area contributed by atoms with Crippen molar-refractivity contribution in [2.45, 2.75) is 32.6 Å². The number of hydrogen-bond donors (Lipinski definition) is 2. The topological polar surface area (TPSA) is 62.8 Å². The van der Waals surface area contributed by atoms with Crippen LogP contribution in [0.5, 0.6) is 0 Å². The molecule has 0 spiro atoms. The minimum Gasteiger partial charge on any atom is -0.387 e. The van der Waals surface area contributed by atoms with Crippen LogP contribution in [0.15, 0.2) is 45.9 Å². The quantitative estimate of drug-likeness (QED) is 0.616. The SMILES string of the molecule is CCN=C(CC1=CC=CCC=C1)N=C(N)C1CCNCC1. The fourth-order valence-corrected chi connectivity index (χ4v) is 2.60. The molecule has 1 fully saturated rings. The minimum atomic E-state index is 0.395. The van der Waals surface area contributed by atoms with Gasteiger partial charge in [-0.25, -0.2) is 4.99 Å². The van der Waals surface area contributed by atoms with Gasteiger partial charge in [0.2, 0.25) is 0 Å². The van der Waals surface area contributed by atoms with Gasteiger partial charge in [0.05, 0.1) is 0 Å². The molecule has 0 amide bonds. The molecule has 0 aromatic rings. The molecule has 4 nitrogen and oxygen atoms in total. The molecule has 0 unspecified atom stereocenters. The summed E-state index contributed by atoms with van der Waals surface area (Å²) in [6, 6.07) is 0. The van der Waals surface area contributed by atoms with E-state index in [-0.39, 0.29) is 0 Å². The molecule has 3 N–H and O–H groups in total. The zero-order valence-corrected chi connectivity index (χ0v) is 12.9. The molecular formula is C17H26N4. The third-order valence-corrected chi connectivity index (χ3v) is 3.77. The van der Waals surface area contributed by atoms with Crippen LogP contribution in [0.1, 0.15) is 32.6 Å². The molecule has 4 heteroatoms. The Balaban J connectivity index is 2.06. The number of rotatable bonds is 4. The van der Waals surface area contributed by atoms with Gasteiger partial charge in [0.25, 0.3) is 0 Å². The monoisotopic (exact) mass is 286 g/mol. The van der Waals surface area contributed by atoms with Crippen LogP contribution in [0, 0.1) is 5.92 Å². The number of piperidine rings is 1. The van der Waals surface area contributed by atoms with Gasteiger partial charge in [-0.15, -0.1) is 0 Å². The zero-order valence-electron chi connectivity index (χ0n) is 12.9. The van der Waals surface area contributed by atoms with Crippen molar-refractivity contribution in [2.75, 3.05) is 19.6 Å². The molecule has 1 aliphatic heterocycles. The lowest BCUT2D eigenvalue weighted by Crippen LogP contribution is -2.35. The third-order valence-electron chi connectivity index (χ3n) is 3.77. The largest absolute Gasteiger partial charge is 0.387 e. The zero-order chi connectivity index (χ0) is 14.9. The molecular weight excluding hydrogens is 260 g/mol. The Morgan fingerprint density at radius 2 is 2.14 bits per heavy atom. The predicted octanol–water partition coefficient (Wildman–Crippen LogP) is 2.59. The summed E-state index contributed by atoms with van der Waals surface area (Å²) in [5.74, 6) is 1.99. The van der Waals surface area contributed by atoms with Gasteiger partial charge in [0, 0.05) is 18.9 Å². The summed E-state index contributed by atoms with van der Waals surface area (Å²) in [6.45, 7) is 4.83. The van der Waals surface area contributed by atoms with Crippen molar-refractivity contribution >= 4 is 11.7 Å². The Bertz CT molecular complexity index is 477. The van der Waals surface area contributed by atoms with E-state index in [1.54, 1.807) is 0 Å². The summed E-state index contributed by atoms with van der Waals surface area (Å²) in [4.78, 5) is 9.15. The van der Waals surface area contributed by atoms with Crippen LogP contribution in [0.2, 0.25) is 0 Å². The van der Waals surface area contributed by atoms with Crippen LogP contribution in [-0.2, 0) is 0 Å². The van der Waals surface area contributed by atoms with Crippen LogP contribution >= 0.6 is 0 Å². The molecule has 0 aromatic carbocycles. The smallest absolute Gasteiger partial charge is 0.129 e. The molecule has 0 atom stereocenters. The van der Waals surface area contributed by atoms with Gasteiger partial charge in [-0.2, -0.15) is 0 Å². The van der Waals surface area contributed by atoms with E-state index in [9.17, 15) is 0 Å². The summed E-state index contributed by atoms with van der Waals surface area (Å²) < 4.78 is 0. The van der Waals surface area contributed by atoms with Crippen molar-refractivity contribution in [2.24, 2.45) is 21.6 Å². The summed E-state index contributed by atoms with van der Waals surface area (Å²) in [6.07, 6.45) is 14.6. The lowest BCUT2D eigenvalue weighted by atomic mass is 9.97. The fraction of sp³-hybridized carbons (Fsp3) is 0.529. The molecule has 1 saturated heterocycles. The van der Waals surface area contributed by atoms with E-state index in [0.29, 0.717) is 5.92 Å². The first-order valence-corrected chi connectivity index (χ1v) is 7.90. The van der Waals surface area contributed by atoms with E-state index < -0.39 is 0 Å². The third kappa shape index (κ3) is 5.31. The highest BCUT2D eigenvalue weighted by atomic mass is 15.0. The fourth-order valence-electron chi connectivity index (χ4n) is 2.60. The van der Waals surface area contributed by atoms with Gasteiger partial charge < -0.3 is 11.1 Å². The standard InChI is InChI=1S/C17H26N4/c1-2-20-16(13-14-7-5-3-4-6-8-14)21-17(18)15-9-11-19-12-10-15/h3,5-8,15,19H,2,4,9-13H2,1H3,(H2,18,20,21). The summed E-state index contributed by atoms with van der Waals surface area (Å²) >= 11 is 0. The summed E-state index contributed by atoms with van der Waals surface area (Å²) in [5, 5.41) is 3.35. The maximum atomic E-state index is 6.21. The van der Waals surface area contributed by atoms with Crippen molar-refractivity contribution in [3.63, 3.8) is 0 Å². The molecule has 0 aromatic heterocycles. The van der Waals surface area contributed by atoms with E-state index >= 15 is 0 Å². The molecule has 1 aliphatic carbocycles. The van der Waals surface area contributed by atoms with E-state index in [2.05, 4.69) is 45.7 Å². The van der Waals surface area contributed by atoms with Crippen LogP contribution < -0.4 is 11.1 Å². The van der Waals surface area contributed by atoms with E-state index in [4.69, 9.17) is 5.73 Å². The molecule has 0 radical (unpaired) electrons. The molecule has 114 valence electrons. The van der Waals surface area contributed by atoms with Gasteiger partial charge >= 0.3 is 0 Å². The second-order valence-electron chi connectivity index (χ2n) is 5.44. The van der Waals surface area contributed by atoms with Crippen molar-refractivity contribution in [1.82, 2.24) is 5.32 Å². The van der Waals surface area contributed by atoms with Crippen molar-refractivity contribution < 1.29 is 0 Å². The second-order valence-corrected chi connectivity index (χ2v) is 5.44. The van der Waals surface area contributed by atoms with E-state index in [1.165, 1.54) is 5.57 Å². The predicted molar refractivity (Wildman–Crippen MR) is 90.8 cm³/mol. The van der Waals surface area contributed by atoms with Crippen molar-refractivity contribution in [3.05, 3.63) is 36.0 Å². The van der Waals surface area contributed by atoms with Crippen LogP contribution in [0.25, 0.3) is 0 Å². The van der Waals surface area contributed by atoms with Gasteiger partial charge in [-0.3, -0.25) is 4.99 Å². The van der Waals surface area contributed by atoms with Crippen LogP contribution in [-0.4, -0.2) is 31.3 Å². The molecule has 2 aliphatic rings. The normalized spacial score (nSPS) is 21.3. The van der Waals surface area contributed by atoms with Crippen LogP contribution in [0.3, 0.4) is 0 Å². The minimum absolute atomic E-state index is 0.395. The Labute approximate surface area is 127 Å². The molecule has 1 heterocycles. The van der Waals surface area contributed by atoms with Gasteiger partial charge in [-0.05, 0) is 44.8 Å². The second kappa shape index (κ2) is 8.57. The summed E-state index contributed by atoms with van der Waals surface area (Å²) in [7, 11) is 0. The number of amidine groups is 2. The highest BCUT2D eigenvalue weighted by Gasteiger charge is 2.17. The number of nitrogens with two attached hydrogens (primary N) is 1. The first-order chi connectivity index (χ1) is 10.3. The average molecular weight is 286 g/mol. The van der Waals surface area contributed by atoms with Gasteiger partial charge in [0.15, 0.2) is 0 Å². The number of allylic oxidation sites excluding steroid dienone is 5. The molecule has 0 saturated carbocycles. The van der Waals surface area contributed by atoms with Gasteiger partial charge in [0.1, 0.15) is 11.7 Å². The van der Waals surface area contributed by atoms with Crippen molar-refractivity contribution in [1.29, 1.82) is 0 Å². The van der Waals surface area contributed by atoms with Gasteiger partial charge in [-0.1, -0.05) is 30.4 Å². The van der Waals surface area contributed by atoms with Crippen LogP contribution in [0.4, 0.5) is 0 Å². The number of nitrogens with one attached hydrogen (secondary N) is 1. The molecule has 0 bridgehead atoms. The van der Waals surface area contributed by atoms with Crippen molar-refractivity contribution in [3.8, 4) is 0 Å². The highest BCUT2D eigenvalue weighted by Crippen LogP contribution is 2.14. The highest BCUT2D eigenvalue weighted by molar-refractivity contribution is 5.98. The maximum Gasteiger partial charge on any atom is 0.129 e. The molecule has 2 rings (SSSR count). The average Bonchev–Trinajstić information content (AvgIpc) is 2.77. The van der Waals surface area contributed by atoms with E-state index in [0.717, 1.165) is 57.0 Å². The first-order valence-electron chi connectivity index (χ1n) is 7.90.